The number of terminal acetylenes is 1. The van der Waals surface area contributed by atoms with Crippen LogP contribution >= 0.6 is 0 Å². The molecule has 18 heavy (non-hydrogen) atoms. The zero-order valence-corrected chi connectivity index (χ0v) is 9.22. The quantitative estimate of drug-likeness (QED) is 0.816. The lowest BCUT2D eigenvalue weighted by molar-refractivity contribution is 0.101. The molecule has 88 valence electrons. The highest BCUT2D eigenvalue weighted by atomic mass is 19.1. The van der Waals surface area contributed by atoms with Gasteiger partial charge in [-0.05, 0) is 18.2 Å². The number of amides is 1. The van der Waals surface area contributed by atoms with Gasteiger partial charge in [0, 0.05) is 29.8 Å². The minimum absolute atomic E-state index is 0.285. The fraction of sp³-hybridized carbons (Fsp3) is 0. The number of hydrogen-bond acceptors (Lipinski definition) is 3. The molecule has 0 spiro atoms. The third kappa shape index (κ3) is 2.50. The van der Waals surface area contributed by atoms with Crippen molar-refractivity contribution in [1.82, 2.24) is 9.97 Å². The van der Waals surface area contributed by atoms with Gasteiger partial charge in [-0.2, -0.15) is 0 Å². The summed E-state index contributed by atoms with van der Waals surface area (Å²) >= 11 is 0. The molecular weight excluding hydrogens is 233 g/mol. The molecule has 0 aliphatic carbocycles. The molecule has 0 aliphatic heterocycles. The van der Waals surface area contributed by atoms with E-state index in [2.05, 4.69) is 21.2 Å². The van der Waals surface area contributed by atoms with E-state index in [0.717, 1.165) is 6.07 Å². The Morgan fingerprint density at radius 3 is 2.72 bits per heavy atom. The van der Waals surface area contributed by atoms with Crippen LogP contribution in [0.1, 0.15) is 16.1 Å². The molecule has 0 atom stereocenters. The molecule has 0 saturated carbocycles. The molecule has 1 N–H and O–H groups in total. The summed E-state index contributed by atoms with van der Waals surface area (Å²) in [5.41, 5.74) is 0.496. The molecule has 0 aromatic carbocycles. The van der Waals surface area contributed by atoms with Crippen LogP contribution in [0, 0.1) is 18.2 Å². The molecular formula is C13H8FN3O. The first kappa shape index (κ1) is 11.7. The van der Waals surface area contributed by atoms with E-state index in [-0.39, 0.29) is 11.3 Å². The Balaban J connectivity index is 2.22. The second-order valence-corrected chi connectivity index (χ2v) is 3.39. The topological polar surface area (TPSA) is 54.9 Å². The maximum absolute atomic E-state index is 13.6. The summed E-state index contributed by atoms with van der Waals surface area (Å²) in [4.78, 5) is 19.3. The molecule has 0 bridgehead atoms. The van der Waals surface area contributed by atoms with Crippen molar-refractivity contribution in [2.75, 3.05) is 5.32 Å². The van der Waals surface area contributed by atoms with E-state index in [9.17, 15) is 9.18 Å². The SMILES string of the molecule is C#Cc1cnc(C(=O)Nc2ccncc2)c(F)c1. The Morgan fingerprint density at radius 2 is 2.11 bits per heavy atom. The van der Waals surface area contributed by atoms with Crippen LogP contribution in [-0.4, -0.2) is 15.9 Å². The summed E-state index contributed by atoms with van der Waals surface area (Å²) in [6, 6.07) is 4.27. The maximum atomic E-state index is 13.6. The molecule has 0 aliphatic rings. The predicted octanol–water partition coefficient (Wildman–Crippen LogP) is 1.85. The molecule has 1 amide bonds. The summed E-state index contributed by atoms with van der Waals surface area (Å²) in [7, 11) is 0. The van der Waals surface area contributed by atoms with Gasteiger partial charge in [-0.25, -0.2) is 9.37 Å². The molecule has 0 saturated heterocycles. The molecule has 2 aromatic rings. The molecule has 2 heterocycles. The van der Waals surface area contributed by atoms with Crippen molar-refractivity contribution in [3.8, 4) is 12.3 Å². The van der Waals surface area contributed by atoms with Gasteiger partial charge in [0.1, 0.15) is 0 Å². The number of rotatable bonds is 2. The Bertz CT molecular complexity index is 620. The lowest BCUT2D eigenvalue weighted by Crippen LogP contribution is -2.15. The van der Waals surface area contributed by atoms with Crippen LogP contribution in [0.4, 0.5) is 10.1 Å². The first-order valence-corrected chi connectivity index (χ1v) is 5.04. The van der Waals surface area contributed by atoms with E-state index in [0.29, 0.717) is 5.69 Å². The molecule has 5 heteroatoms. The van der Waals surface area contributed by atoms with Crippen LogP contribution in [-0.2, 0) is 0 Å². The van der Waals surface area contributed by atoms with Gasteiger partial charge in [-0.15, -0.1) is 6.42 Å². The summed E-state index contributed by atoms with van der Waals surface area (Å²) in [5, 5.41) is 2.50. The van der Waals surface area contributed by atoms with Crippen molar-refractivity contribution in [3.63, 3.8) is 0 Å². The highest BCUT2D eigenvalue weighted by Crippen LogP contribution is 2.10. The third-order valence-electron chi connectivity index (χ3n) is 2.16. The Kier molecular flexibility index (Phi) is 3.30. The fourth-order valence-corrected chi connectivity index (χ4v) is 1.31. The number of carbonyl (C=O) groups excluding carboxylic acids is 1. The number of hydrogen-bond donors (Lipinski definition) is 1. The van der Waals surface area contributed by atoms with Crippen LogP contribution in [0.15, 0.2) is 36.8 Å². The first-order valence-electron chi connectivity index (χ1n) is 5.04. The molecule has 4 nitrogen and oxygen atoms in total. The first-order chi connectivity index (χ1) is 8.70. The summed E-state index contributed by atoms with van der Waals surface area (Å²) in [6.45, 7) is 0. The Morgan fingerprint density at radius 1 is 1.39 bits per heavy atom. The average Bonchev–Trinajstić information content (AvgIpc) is 2.39. The van der Waals surface area contributed by atoms with Crippen molar-refractivity contribution in [3.05, 3.63) is 53.9 Å². The van der Waals surface area contributed by atoms with Crippen LogP contribution in [0.3, 0.4) is 0 Å². The van der Waals surface area contributed by atoms with Crippen LogP contribution in [0.2, 0.25) is 0 Å². The molecule has 0 unspecified atom stereocenters. The fourth-order valence-electron chi connectivity index (χ4n) is 1.31. The average molecular weight is 241 g/mol. The van der Waals surface area contributed by atoms with E-state index in [1.165, 1.54) is 18.6 Å². The number of anilines is 1. The monoisotopic (exact) mass is 241 g/mol. The van der Waals surface area contributed by atoms with Gasteiger partial charge in [0.25, 0.3) is 5.91 Å². The minimum Gasteiger partial charge on any atom is -0.320 e. The normalized spacial score (nSPS) is 9.56. The van der Waals surface area contributed by atoms with Gasteiger partial charge in [-0.3, -0.25) is 9.78 Å². The summed E-state index contributed by atoms with van der Waals surface area (Å²) in [6.07, 6.45) is 9.40. The van der Waals surface area contributed by atoms with Gasteiger partial charge in [0.15, 0.2) is 11.5 Å². The predicted molar refractivity (Wildman–Crippen MR) is 64.3 cm³/mol. The van der Waals surface area contributed by atoms with Crippen molar-refractivity contribution in [2.45, 2.75) is 0 Å². The highest BCUT2D eigenvalue weighted by Gasteiger charge is 2.13. The number of halogens is 1. The van der Waals surface area contributed by atoms with Crippen molar-refractivity contribution >= 4 is 11.6 Å². The van der Waals surface area contributed by atoms with Gasteiger partial charge in [0.05, 0.1) is 0 Å². The second kappa shape index (κ2) is 5.06. The van der Waals surface area contributed by atoms with E-state index in [4.69, 9.17) is 6.42 Å². The van der Waals surface area contributed by atoms with E-state index < -0.39 is 11.7 Å². The van der Waals surface area contributed by atoms with Crippen LogP contribution < -0.4 is 5.32 Å². The lowest BCUT2D eigenvalue weighted by atomic mass is 10.2. The number of carbonyl (C=O) groups is 1. The van der Waals surface area contributed by atoms with Gasteiger partial charge >= 0.3 is 0 Å². The Labute approximate surface area is 103 Å². The van der Waals surface area contributed by atoms with Crippen molar-refractivity contribution in [1.29, 1.82) is 0 Å². The summed E-state index contributed by atoms with van der Waals surface area (Å²) in [5.74, 6) is 0.852. The zero-order chi connectivity index (χ0) is 13.0. The smallest absolute Gasteiger partial charge is 0.277 e. The standard InChI is InChI=1S/C13H8FN3O/c1-2-9-7-11(14)12(16-8-9)13(18)17-10-3-5-15-6-4-10/h1,3-8H,(H,15,17,18). The number of aromatic nitrogens is 2. The van der Waals surface area contributed by atoms with E-state index in [1.54, 1.807) is 12.1 Å². The molecule has 0 fully saturated rings. The highest BCUT2D eigenvalue weighted by molar-refractivity contribution is 6.03. The van der Waals surface area contributed by atoms with Crippen LogP contribution in [0.25, 0.3) is 0 Å². The molecule has 2 rings (SSSR count). The number of nitrogens with zero attached hydrogens (tertiary/aromatic N) is 2. The third-order valence-corrected chi connectivity index (χ3v) is 2.16. The lowest BCUT2D eigenvalue weighted by Gasteiger charge is -2.05. The van der Waals surface area contributed by atoms with Crippen molar-refractivity contribution in [2.24, 2.45) is 0 Å². The second-order valence-electron chi connectivity index (χ2n) is 3.39. The largest absolute Gasteiger partial charge is 0.320 e. The molecule has 0 radical (unpaired) electrons. The van der Waals surface area contributed by atoms with Crippen LogP contribution in [0.5, 0.6) is 0 Å². The van der Waals surface area contributed by atoms with Crippen molar-refractivity contribution < 1.29 is 9.18 Å². The zero-order valence-electron chi connectivity index (χ0n) is 9.22. The van der Waals surface area contributed by atoms with E-state index in [1.807, 2.05) is 0 Å². The van der Waals surface area contributed by atoms with Gasteiger partial charge < -0.3 is 5.32 Å². The van der Waals surface area contributed by atoms with Gasteiger partial charge in [0.2, 0.25) is 0 Å². The minimum atomic E-state index is -0.753. The van der Waals surface area contributed by atoms with E-state index >= 15 is 0 Å². The number of pyridine rings is 2. The number of nitrogens with one attached hydrogen (secondary N) is 1. The maximum Gasteiger partial charge on any atom is 0.277 e. The Hall–Kier alpha value is -2.74. The molecule has 2 aromatic heterocycles. The van der Waals surface area contributed by atoms with Gasteiger partial charge in [-0.1, -0.05) is 5.92 Å². The summed E-state index contributed by atoms with van der Waals surface area (Å²) < 4.78 is 13.6.